The van der Waals surface area contributed by atoms with Gasteiger partial charge in [-0.15, -0.1) is 0 Å². The van der Waals surface area contributed by atoms with Crippen LogP contribution in [-0.4, -0.2) is 20.6 Å². The maximum atomic E-state index is 12.0. The molecule has 0 aliphatic heterocycles. The topological polar surface area (TPSA) is 75.1 Å². The SMILES string of the molecule is O=C(O)c1cccc2c1[nH]c(=O)n2CC1CCCC1. The number of carboxylic acid groups (broad SMARTS) is 1. The second-order valence-electron chi connectivity index (χ2n) is 5.20. The van der Waals surface area contributed by atoms with Gasteiger partial charge in [-0.1, -0.05) is 18.9 Å². The van der Waals surface area contributed by atoms with Crippen LogP contribution in [0.4, 0.5) is 0 Å². The average Bonchev–Trinajstić information content (AvgIpc) is 2.98. The first-order chi connectivity index (χ1) is 9.16. The van der Waals surface area contributed by atoms with E-state index in [-0.39, 0.29) is 11.3 Å². The number of para-hydroxylation sites is 1. The number of hydrogen-bond acceptors (Lipinski definition) is 2. The van der Waals surface area contributed by atoms with E-state index in [1.54, 1.807) is 16.7 Å². The van der Waals surface area contributed by atoms with Gasteiger partial charge in [-0.05, 0) is 30.9 Å². The lowest BCUT2D eigenvalue weighted by atomic mass is 10.1. The van der Waals surface area contributed by atoms with Crippen molar-refractivity contribution < 1.29 is 9.90 Å². The van der Waals surface area contributed by atoms with Crippen molar-refractivity contribution in [1.29, 1.82) is 0 Å². The van der Waals surface area contributed by atoms with Crippen LogP contribution < -0.4 is 5.69 Å². The Labute approximate surface area is 109 Å². The van der Waals surface area contributed by atoms with Gasteiger partial charge in [-0.2, -0.15) is 0 Å². The third-order valence-corrected chi connectivity index (χ3v) is 3.96. The number of aromatic carboxylic acids is 1. The van der Waals surface area contributed by atoms with Gasteiger partial charge in [0.05, 0.1) is 16.6 Å². The molecule has 0 unspecified atom stereocenters. The molecule has 2 aromatic rings. The van der Waals surface area contributed by atoms with E-state index in [1.165, 1.54) is 18.9 Å². The maximum Gasteiger partial charge on any atom is 0.337 e. The van der Waals surface area contributed by atoms with Crippen LogP contribution in [0.1, 0.15) is 36.0 Å². The van der Waals surface area contributed by atoms with Crippen LogP contribution in [0.15, 0.2) is 23.0 Å². The Hall–Kier alpha value is -2.04. The molecule has 0 amide bonds. The highest BCUT2D eigenvalue weighted by Gasteiger charge is 2.19. The quantitative estimate of drug-likeness (QED) is 0.888. The van der Waals surface area contributed by atoms with E-state index in [4.69, 9.17) is 5.11 Å². The number of nitrogens with one attached hydrogen (secondary N) is 1. The molecule has 0 bridgehead atoms. The highest BCUT2D eigenvalue weighted by Crippen LogP contribution is 2.27. The molecule has 2 N–H and O–H groups in total. The van der Waals surface area contributed by atoms with Gasteiger partial charge < -0.3 is 10.1 Å². The molecule has 0 radical (unpaired) electrons. The third kappa shape index (κ3) is 2.05. The summed E-state index contributed by atoms with van der Waals surface area (Å²) in [6, 6.07) is 5.00. The molecule has 5 nitrogen and oxygen atoms in total. The second-order valence-corrected chi connectivity index (χ2v) is 5.20. The van der Waals surface area contributed by atoms with Crippen LogP contribution in [0.5, 0.6) is 0 Å². The zero-order valence-electron chi connectivity index (χ0n) is 10.6. The van der Waals surface area contributed by atoms with Crippen LogP contribution in [-0.2, 0) is 6.54 Å². The molecule has 1 aromatic heterocycles. The number of nitrogens with zero attached hydrogens (tertiary/aromatic N) is 1. The number of H-pyrrole nitrogens is 1. The lowest BCUT2D eigenvalue weighted by Crippen LogP contribution is -2.20. The van der Waals surface area contributed by atoms with E-state index in [1.807, 2.05) is 0 Å². The van der Waals surface area contributed by atoms with Crippen molar-refractivity contribution in [2.75, 3.05) is 0 Å². The highest BCUT2D eigenvalue weighted by molar-refractivity contribution is 6.00. The molecule has 1 saturated carbocycles. The van der Waals surface area contributed by atoms with Crippen LogP contribution >= 0.6 is 0 Å². The van der Waals surface area contributed by atoms with Crippen molar-refractivity contribution in [1.82, 2.24) is 9.55 Å². The van der Waals surface area contributed by atoms with E-state index in [0.717, 1.165) is 12.8 Å². The first-order valence-electron chi connectivity index (χ1n) is 6.61. The van der Waals surface area contributed by atoms with E-state index in [9.17, 15) is 9.59 Å². The summed E-state index contributed by atoms with van der Waals surface area (Å²) in [4.78, 5) is 25.8. The molecule has 1 aromatic carbocycles. The predicted octanol–water partition coefficient (Wildman–Crippen LogP) is 2.22. The fourth-order valence-corrected chi connectivity index (χ4v) is 2.99. The lowest BCUT2D eigenvalue weighted by Gasteiger charge is -2.09. The predicted molar refractivity (Wildman–Crippen MR) is 71.5 cm³/mol. The van der Waals surface area contributed by atoms with Crippen molar-refractivity contribution in [3.8, 4) is 0 Å². The van der Waals surface area contributed by atoms with Crippen molar-refractivity contribution >= 4 is 17.0 Å². The van der Waals surface area contributed by atoms with E-state index < -0.39 is 5.97 Å². The largest absolute Gasteiger partial charge is 0.478 e. The molecule has 3 rings (SSSR count). The Morgan fingerprint density at radius 3 is 2.79 bits per heavy atom. The summed E-state index contributed by atoms with van der Waals surface area (Å²) < 4.78 is 1.68. The smallest absolute Gasteiger partial charge is 0.337 e. The molecular weight excluding hydrogens is 244 g/mol. The summed E-state index contributed by atoms with van der Waals surface area (Å²) >= 11 is 0. The van der Waals surface area contributed by atoms with Gasteiger partial charge in [0.25, 0.3) is 0 Å². The Kier molecular flexibility index (Phi) is 2.89. The summed E-state index contributed by atoms with van der Waals surface area (Å²) in [5.74, 6) is -0.481. The minimum Gasteiger partial charge on any atom is -0.478 e. The summed E-state index contributed by atoms with van der Waals surface area (Å²) in [5, 5.41) is 9.14. The fraction of sp³-hybridized carbons (Fsp3) is 0.429. The summed E-state index contributed by atoms with van der Waals surface area (Å²) in [5.41, 5.74) is 1.06. The number of rotatable bonds is 3. The molecular formula is C14H16N2O3. The van der Waals surface area contributed by atoms with Crippen molar-refractivity contribution in [3.63, 3.8) is 0 Å². The Bertz CT molecular complexity index is 678. The molecule has 0 saturated heterocycles. The van der Waals surface area contributed by atoms with E-state index in [0.29, 0.717) is 23.5 Å². The number of imidazole rings is 1. The number of fused-ring (bicyclic) bond motifs is 1. The number of benzene rings is 1. The van der Waals surface area contributed by atoms with Crippen LogP contribution in [0, 0.1) is 5.92 Å². The van der Waals surface area contributed by atoms with Gasteiger partial charge in [-0.3, -0.25) is 4.57 Å². The normalized spacial score (nSPS) is 16.2. The highest BCUT2D eigenvalue weighted by atomic mass is 16.4. The van der Waals surface area contributed by atoms with Gasteiger partial charge >= 0.3 is 11.7 Å². The van der Waals surface area contributed by atoms with Crippen molar-refractivity contribution in [2.24, 2.45) is 5.92 Å². The second kappa shape index (κ2) is 4.57. The molecule has 19 heavy (non-hydrogen) atoms. The number of aromatic nitrogens is 2. The summed E-state index contributed by atoms with van der Waals surface area (Å²) in [6.07, 6.45) is 4.75. The zero-order valence-corrected chi connectivity index (χ0v) is 10.6. The molecule has 1 aliphatic carbocycles. The molecule has 1 heterocycles. The minimum atomic E-state index is -1.01. The van der Waals surface area contributed by atoms with Crippen LogP contribution in [0.2, 0.25) is 0 Å². The van der Waals surface area contributed by atoms with Crippen LogP contribution in [0.3, 0.4) is 0 Å². The first kappa shape index (κ1) is 12.0. The number of carbonyl (C=O) groups is 1. The molecule has 0 spiro atoms. The van der Waals surface area contributed by atoms with Gasteiger partial charge in [0.15, 0.2) is 0 Å². The van der Waals surface area contributed by atoms with Gasteiger partial charge in [0.1, 0.15) is 0 Å². The molecule has 5 heteroatoms. The summed E-state index contributed by atoms with van der Waals surface area (Å²) in [6.45, 7) is 0.682. The van der Waals surface area contributed by atoms with E-state index >= 15 is 0 Å². The molecule has 1 fully saturated rings. The average molecular weight is 260 g/mol. The fourth-order valence-electron chi connectivity index (χ4n) is 2.99. The molecule has 0 atom stereocenters. The minimum absolute atomic E-state index is 0.153. The standard InChI is InChI=1S/C14H16N2O3/c17-13(18)10-6-3-7-11-12(10)15-14(19)16(11)8-9-4-1-2-5-9/h3,6-7,9H,1-2,4-5,8H2,(H,15,19)(H,17,18). The number of carboxylic acids is 1. The number of hydrogen-bond donors (Lipinski definition) is 2. The Morgan fingerprint density at radius 1 is 1.37 bits per heavy atom. The first-order valence-corrected chi connectivity index (χ1v) is 6.61. The third-order valence-electron chi connectivity index (χ3n) is 3.96. The van der Waals surface area contributed by atoms with E-state index in [2.05, 4.69) is 4.98 Å². The van der Waals surface area contributed by atoms with Gasteiger partial charge in [0.2, 0.25) is 0 Å². The van der Waals surface area contributed by atoms with Gasteiger partial charge in [-0.25, -0.2) is 9.59 Å². The zero-order chi connectivity index (χ0) is 13.4. The molecule has 1 aliphatic rings. The Balaban J connectivity index is 2.09. The molecule has 100 valence electrons. The lowest BCUT2D eigenvalue weighted by molar-refractivity contribution is 0.0699. The van der Waals surface area contributed by atoms with Crippen molar-refractivity contribution in [2.45, 2.75) is 32.2 Å². The summed E-state index contributed by atoms with van der Waals surface area (Å²) in [7, 11) is 0. The monoisotopic (exact) mass is 260 g/mol. The number of aromatic amines is 1. The van der Waals surface area contributed by atoms with Crippen LogP contribution in [0.25, 0.3) is 11.0 Å². The van der Waals surface area contributed by atoms with Crippen molar-refractivity contribution in [3.05, 3.63) is 34.2 Å². The Morgan fingerprint density at radius 2 is 2.11 bits per heavy atom. The van der Waals surface area contributed by atoms with Gasteiger partial charge in [0, 0.05) is 6.54 Å². The maximum absolute atomic E-state index is 12.0.